The van der Waals surface area contributed by atoms with Gasteiger partial charge in [0.05, 0.1) is 17.9 Å². The second-order valence-corrected chi connectivity index (χ2v) is 11.9. The molecule has 1 saturated carbocycles. The third-order valence-corrected chi connectivity index (χ3v) is 8.95. The Kier molecular flexibility index (Phi) is 9.00. The Morgan fingerprint density at radius 2 is 1.48 bits per heavy atom. The zero-order valence-electron chi connectivity index (χ0n) is 25.6. The molecule has 0 bridgehead atoms. The molecule has 242 valence electrons. The van der Waals surface area contributed by atoms with Gasteiger partial charge in [-0.25, -0.2) is 0 Å². The first-order valence-corrected chi connectivity index (χ1v) is 14.2. The average Bonchev–Trinajstić information content (AvgIpc) is 3.65. The van der Waals surface area contributed by atoms with Crippen molar-refractivity contribution in [1.82, 2.24) is 0 Å². The second-order valence-electron chi connectivity index (χ2n) is 11.9. The highest BCUT2D eigenvalue weighted by molar-refractivity contribution is 5.78. The maximum Gasteiger partial charge on any atom is 0.312 e. The van der Waals surface area contributed by atoms with Gasteiger partial charge in [-0.3, -0.25) is 28.8 Å². The fraction of sp³-hybridized carbons (Fsp3) is 0.667. The van der Waals surface area contributed by atoms with Gasteiger partial charge in [0.15, 0.2) is 11.7 Å². The van der Waals surface area contributed by atoms with Crippen LogP contribution in [0.3, 0.4) is 0 Å². The lowest BCUT2D eigenvalue weighted by Gasteiger charge is -2.57. The van der Waals surface area contributed by atoms with Crippen LogP contribution in [-0.4, -0.2) is 95.9 Å². The number of ether oxygens (including phenoxy) is 7. The van der Waals surface area contributed by atoms with Crippen LogP contribution in [0.25, 0.3) is 0 Å². The summed E-state index contributed by atoms with van der Waals surface area (Å²) in [6, 6.07) is 0. The molecule has 0 aromatic carbocycles. The molecule has 44 heavy (non-hydrogen) atoms. The highest BCUT2D eigenvalue weighted by atomic mass is 16.6. The molecule has 0 radical (unpaired) electrons. The Bertz CT molecular complexity index is 1300. The number of fused-ring (bicyclic) bond motifs is 3. The molecule has 0 aromatic rings. The van der Waals surface area contributed by atoms with Crippen LogP contribution < -0.4 is 0 Å². The minimum atomic E-state index is -2.29. The zero-order valence-corrected chi connectivity index (χ0v) is 25.6. The first-order chi connectivity index (χ1) is 20.5. The van der Waals surface area contributed by atoms with E-state index >= 15 is 0 Å². The number of rotatable bonds is 6. The van der Waals surface area contributed by atoms with E-state index < -0.39 is 94.8 Å². The lowest BCUT2D eigenvalue weighted by atomic mass is 9.52. The van der Waals surface area contributed by atoms with Crippen molar-refractivity contribution in [3.05, 3.63) is 23.8 Å². The molecule has 1 N–H and O–H groups in total. The van der Waals surface area contributed by atoms with E-state index in [0.29, 0.717) is 0 Å². The van der Waals surface area contributed by atoms with Crippen LogP contribution >= 0.6 is 0 Å². The Hall–Kier alpha value is -3.78. The smallest absolute Gasteiger partial charge is 0.312 e. The van der Waals surface area contributed by atoms with Crippen molar-refractivity contribution < 1.29 is 67.0 Å². The van der Waals surface area contributed by atoms with Crippen molar-refractivity contribution in [1.29, 1.82) is 0 Å². The van der Waals surface area contributed by atoms with Gasteiger partial charge in [0.25, 0.3) is 0 Å². The van der Waals surface area contributed by atoms with E-state index in [9.17, 15) is 33.9 Å². The summed E-state index contributed by atoms with van der Waals surface area (Å²) < 4.78 is 40.0. The van der Waals surface area contributed by atoms with Crippen molar-refractivity contribution >= 4 is 35.8 Å². The number of epoxide rings is 1. The van der Waals surface area contributed by atoms with Crippen molar-refractivity contribution in [2.75, 3.05) is 13.2 Å². The highest BCUT2D eigenvalue weighted by Gasteiger charge is 2.78. The van der Waals surface area contributed by atoms with Crippen LogP contribution in [0.1, 0.15) is 54.9 Å². The number of hydrogen-bond acceptors (Lipinski definition) is 14. The minimum Gasteiger partial charge on any atom is -0.462 e. The minimum absolute atomic E-state index is 0.0380. The van der Waals surface area contributed by atoms with Gasteiger partial charge in [0, 0.05) is 47.0 Å². The van der Waals surface area contributed by atoms with E-state index in [1.54, 1.807) is 6.92 Å². The van der Waals surface area contributed by atoms with Gasteiger partial charge in [-0.2, -0.15) is 0 Å². The largest absolute Gasteiger partial charge is 0.462 e. The van der Waals surface area contributed by atoms with Gasteiger partial charge in [-0.05, 0) is 24.6 Å². The third-order valence-electron chi connectivity index (χ3n) is 8.95. The molecule has 4 aliphatic rings. The van der Waals surface area contributed by atoms with Gasteiger partial charge in [0.2, 0.25) is 0 Å². The first-order valence-electron chi connectivity index (χ1n) is 14.2. The number of hydrogen-bond donors (Lipinski definition) is 1. The highest BCUT2D eigenvalue weighted by Crippen LogP contribution is 2.62. The predicted octanol–water partition coefficient (Wildman–Crippen LogP) is 0.860. The maximum absolute atomic E-state index is 13.1. The summed E-state index contributed by atoms with van der Waals surface area (Å²) in [5, 5.41) is 12.6. The standard InChI is InChI=1S/C30H38O14/c1-14-27(36)44-24-10-20(12-38-15(2)31)8-9-21(40-16(3)32)28(7)22(41-17(4)33)11-23(42-18(5)34)29(13-39-29)25(28)26(30(14,24)37)43-19(6)35/h8-10,14,21-26,37H,11-13H2,1-7H3/b9-8-,20-10-/t14-,21-,22-,23+,24-,25+,26-,28-,29+,30-/m0/s1. The Balaban J connectivity index is 2.08. The summed E-state index contributed by atoms with van der Waals surface area (Å²) in [5.41, 5.74) is -5.03. The summed E-state index contributed by atoms with van der Waals surface area (Å²) in [6.07, 6.45) is -2.34. The maximum atomic E-state index is 13.1. The van der Waals surface area contributed by atoms with E-state index in [1.165, 1.54) is 52.8 Å². The van der Waals surface area contributed by atoms with E-state index in [-0.39, 0.29) is 25.2 Å². The van der Waals surface area contributed by atoms with Crippen LogP contribution in [0.15, 0.2) is 23.8 Å². The number of carbonyl (C=O) groups excluding carboxylic acids is 6. The molecular weight excluding hydrogens is 584 g/mol. The van der Waals surface area contributed by atoms with Crippen LogP contribution in [-0.2, 0) is 61.9 Å². The lowest BCUT2D eigenvalue weighted by Crippen LogP contribution is -2.71. The molecule has 1 spiro atoms. The number of aliphatic hydroxyl groups is 1. The SMILES string of the molecule is CC(=O)OCC1=C\[C@@H]2OC(=O)[C@H](C)[C@@]2(O)[C@@H](OC(C)=O)[C@H]2[C@@]3(CO3)[C@H](OC(C)=O)C[C@H](OC(C)=O)[C@]2(C)[C@@H](OC(C)=O)/C=C\1. The molecule has 2 aliphatic heterocycles. The summed E-state index contributed by atoms with van der Waals surface area (Å²) in [5.74, 6) is -6.89. The van der Waals surface area contributed by atoms with Crippen LogP contribution in [0.5, 0.6) is 0 Å². The lowest BCUT2D eigenvalue weighted by molar-refractivity contribution is -0.252. The Labute approximate surface area is 253 Å². The summed E-state index contributed by atoms with van der Waals surface area (Å²) >= 11 is 0. The molecule has 2 aliphatic carbocycles. The van der Waals surface area contributed by atoms with Crippen LogP contribution in [0, 0.1) is 17.3 Å². The van der Waals surface area contributed by atoms with Gasteiger partial charge in [-0.1, -0.05) is 13.0 Å². The second kappa shape index (κ2) is 12.0. The molecule has 3 fully saturated rings. The average molecular weight is 623 g/mol. The van der Waals surface area contributed by atoms with Gasteiger partial charge in [-0.15, -0.1) is 0 Å². The molecule has 4 rings (SSSR count). The van der Waals surface area contributed by atoms with E-state index in [1.807, 2.05) is 0 Å². The first kappa shape index (κ1) is 33.1. The molecule has 10 atom stereocenters. The fourth-order valence-corrected chi connectivity index (χ4v) is 6.93. The topological polar surface area (TPSA) is 191 Å². The van der Waals surface area contributed by atoms with E-state index in [4.69, 9.17) is 33.2 Å². The molecule has 2 saturated heterocycles. The molecule has 14 nitrogen and oxygen atoms in total. The number of esters is 6. The molecule has 2 heterocycles. The molecule has 0 unspecified atom stereocenters. The van der Waals surface area contributed by atoms with Crippen molar-refractivity contribution in [3.63, 3.8) is 0 Å². The Morgan fingerprint density at radius 3 is 2.00 bits per heavy atom. The normalized spacial score (nSPS) is 41.0. The van der Waals surface area contributed by atoms with Gasteiger partial charge in [0.1, 0.15) is 36.6 Å². The summed E-state index contributed by atoms with van der Waals surface area (Å²) in [4.78, 5) is 74.9. The van der Waals surface area contributed by atoms with E-state index in [0.717, 1.165) is 6.92 Å². The van der Waals surface area contributed by atoms with Crippen molar-refractivity contribution in [3.8, 4) is 0 Å². The van der Waals surface area contributed by atoms with Gasteiger partial charge >= 0.3 is 35.8 Å². The number of carbonyl (C=O) groups is 6. The van der Waals surface area contributed by atoms with Crippen LogP contribution in [0.4, 0.5) is 0 Å². The van der Waals surface area contributed by atoms with Crippen molar-refractivity contribution in [2.45, 2.75) is 96.6 Å². The Morgan fingerprint density at radius 1 is 0.909 bits per heavy atom. The molecule has 0 aromatic heterocycles. The molecule has 0 amide bonds. The molecule has 14 heteroatoms. The van der Waals surface area contributed by atoms with Crippen molar-refractivity contribution in [2.24, 2.45) is 17.3 Å². The monoisotopic (exact) mass is 622 g/mol. The van der Waals surface area contributed by atoms with Gasteiger partial charge < -0.3 is 38.3 Å². The fourth-order valence-electron chi connectivity index (χ4n) is 6.93. The quantitative estimate of drug-likeness (QED) is 0.249. The van der Waals surface area contributed by atoms with Crippen LogP contribution in [0.2, 0.25) is 0 Å². The van der Waals surface area contributed by atoms with E-state index in [2.05, 4.69) is 0 Å². The zero-order chi connectivity index (χ0) is 32.8. The summed E-state index contributed by atoms with van der Waals surface area (Å²) in [7, 11) is 0. The summed E-state index contributed by atoms with van der Waals surface area (Å²) in [6.45, 7) is 8.51. The third kappa shape index (κ3) is 5.84. The predicted molar refractivity (Wildman–Crippen MR) is 145 cm³/mol. The molecular formula is C30H38O14.